The molecule has 1 heterocycles. The average molecular weight is 644 g/mol. The maximum Gasteiger partial charge on any atom is 0.339 e. The fraction of sp³-hybridized carbons (Fsp3) is 0.323. The highest BCUT2D eigenvalue weighted by Gasteiger charge is 2.25. The first-order valence-corrected chi connectivity index (χ1v) is 17.0. The summed E-state index contributed by atoms with van der Waals surface area (Å²) in [5.41, 5.74) is 2.50. The van der Waals surface area contributed by atoms with E-state index in [2.05, 4.69) is 5.32 Å². The number of morpholine rings is 1. The summed E-state index contributed by atoms with van der Waals surface area (Å²) < 4.78 is 69.4. The number of aryl methyl sites for hydroxylation is 1. The van der Waals surface area contributed by atoms with E-state index in [0.717, 1.165) is 5.56 Å². The number of ether oxygens (including phenoxy) is 2. The number of anilines is 2. The molecule has 13 heteroatoms. The van der Waals surface area contributed by atoms with Crippen molar-refractivity contribution in [3.05, 3.63) is 77.9 Å². The van der Waals surface area contributed by atoms with Gasteiger partial charge in [-0.15, -0.1) is 0 Å². The molecule has 1 amide bonds. The molecule has 0 atom stereocenters. The molecule has 3 aromatic carbocycles. The fourth-order valence-corrected chi connectivity index (χ4v) is 7.07. The van der Waals surface area contributed by atoms with Gasteiger partial charge < -0.3 is 23.9 Å². The molecule has 3 aromatic rings. The summed E-state index contributed by atoms with van der Waals surface area (Å²) in [5, 5.41) is 2.83. The first-order chi connectivity index (χ1) is 21.0. The summed E-state index contributed by atoms with van der Waals surface area (Å²) in [6.07, 6.45) is 2.83. The van der Waals surface area contributed by atoms with Crippen molar-refractivity contribution in [2.24, 2.45) is 0 Å². The molecule has 0 unspecified atom stereocenters. The summed E-state index contributed by atoms with van der Waals surface area (Å²) in [5.74, 6) is -0.332. The van der Waals surface area contributed by atoms with Gasteiger partial charge in [0.1, 0.15) is 4.90 Å². The van der Waals surface area contributed by atoms with Crippen LogP contribution in [0, 0.1) is 6.92 Å². The van der Waals surface area contributed by atoms with Crippen LogP contribution in [-0.2, 0) is 29.7 Å². The van der Waals surface area contributed by atoms with Gasteiger partial charge in [0, 0.05) is 32.3 Å². The van der Waals surface area contributed by atoms with E-state index in [-0.39, 0.29) is 21.3 Å². The lowest BCUT2D eigenvalue weighted by atomic mass is 10.2. The summed E-state index contributed by atoms with van der Waals surface area (Å²) in [7, 11) is -6.46. The van der Waals surface area contributed by atoms with E-state index in [0.29, 0.717) is 56.3 Å². The van der Waals surface area contributed by atoms with Gasteiger partial charge in [0.05, 0.1) is 36.6 Å². The number of amides is 1. The monoisotopic (exact) mass is 643 g/mol. The lowest BCUT2D eigenvalue weighted by Gasteiger charge is -2.31. The second kappa shape index (κ2) is 14.2. The highest BCUT2D eigenvalue weighted by Crippen LogP contribution is 2.33. The van der Waals surface area contributed by atoms with Crippen LogP contribution in [0.3, 0.4) is 0 Å². The molecule has 4 rings (SSSR count). The van der Waals surface area contributed by atoms with E-state index in [4.69, 9.17) is 13.7 Å². The van der Waals surface area contributed by atoms with Gasteiger partial charge >= 0.3 is 10.1 Å². The number of methoxy groups -OCH3 is 1. The van der Waals surface area contributed by atoms with Crippen LogP contribution in [-0.4, -0.2) is 73.6 Å². The third-order valence-electron chi connectivity index (χ3n) is 7.04. The highest BCUT2D eigenvalue weighted by atomic mass is 32.2. The molecule has 0 saturated carbocycles. The van der Waals surface area contributed by atoms with Gasteiger partial charge in [-0.25, -0.2) is 8.42 Å². The highest BCUT2D eigenvalue weighted by molar-refractivity contribution is 7.89. The summed E-state index contributed by atoms with van der Waals surface area (Å²) >= 11 is 0. The van der Waals surface area contributed by atoms with E-state index in [9.17, 15) is 21.6 Å². The minimum atomic E-state index is -4.09. The molecule has 11 nitrogen and oxygen atoms in total. The second-order valence-electron chi connectivity index (χ2n) is 9.95. The molecular weight excluding hydrogens is 606 g/mol. The molecule has 1 fully saturated rings. The Morgan fingerprint density at radius 1 is 0.932 bits per heavy atom. The number of sulfonamides is 1. The molecular formula is C31H37N3O8S2. The van der Waals surface area contributed by atoms with Crippen molar-refractivity contribution in [3.8, 4) is 11.5 Å². The SMILES string of the molecule is CCN(CC)S(=O)(=O)c1ccc(N2CCOCC2)c(NC(=O)/C=C/c2ccc(OS(=O)(=O)c3ccc(C)cc3)c(OC)c2)c1. The normalized spacial score (nSPS) is 14.2. The molecule has 1 aliphatic heterocycles. The number of rotatable bonds is 12. The lowest BCUT2D eigenvalue weighted by molar-refractivity contribution is -0.111. The van der Waals surface area contributed by atoms with Gasteiger partial charge in [0.15, 0.2) is 11.5 Å². The summed E-state index contributed by atoms with van der Waals surface area (Å²) in [4.78, 5) is 15.2. The van der Waals surface area contributed by atoms with Crippen LogP contribution >= 0.6 is 0 Å². The minimum Gasteiger partial charge on any atom is -0.493 e. The Bertz CT molecular complexity index is 1710. The predicted molar refractivity (Wildman–Crippen MR) is 169 cm³/mol. The topological polar surface area (TPSA) is 132 Å². The van der Waals surface area contributed by atoms with Crippen molar-refractivity contribution in [1.29, 1.82) is 0 Å². The molecule has 1 aliphatic rings. The standard InChI is InChI=1S/C31H37N3O8S2/c1-5-34(6-2)43(36,37)26-13-14-28(33-17-19-41-20-18-33)27(22-26)32-31(35)16-10-24-9-15-29(30(21-24)40-4)42-44(38,39)25-11-7-23(3)8-12-25/h7-16,21-22H,5-6,17-20H2,1-4H3,(H,32,35)/b16-10+. The lowest BCUT2D eigenvalue weighted by Crippen LogP contribution is -2.37. The molecule has 0 aromatic heterocycles. The van der Waals surface area contributed by atoms with Crippen molar-refractivity contribution >= 4 is 43.5 Å². The van der Waals surface area contributed by atoms with Crippen molar-refractivity contribution in [2.45, 2.75) is 30.6 Å². The average Bonchev–Trinajstić information content (AvgIpc) is 3.01. The van der Waals surface area contributed by atoms with Gasteiger partial charge in [-0.3, -0.25) is 4.79 Å². The van der Waals surface area contributed by atoms with Crippen LogP contribution in [0.2, 0.25) is 0 Å². The molecule has 0 bridgehead atoms. The Hall–Kier alpha value is -3.91. The Kier molecular flexibility index (Phi) is 10.7. The van der Waals surface area contributed by atoms with Crippen LogP contribution in [0.25, 0.3) is 6.08 Å². The van der Waals surface area contributed by atoms with Crippen LogP contribution in [0.4, 0.5) is 11.4 Å². The molecule has 0 radical (unpaired) electrons. The van der Waals surface area contributed by atoms with Gasteiger partial charge in [-0.1, -0.05) is 37.6 Å². The first kappa shape index (κ1) is 33.0. The number of nitrogens with one attached hydrogen (secondary N) is 1. The van der Waals surface area contributed by atoms with Crippen LogP contribution in [0.15, 0.2) is 76.5 Å². The summed E-state index contributed by atoms with van der Waals surface area (Å²) in [6, 6.07) is 15.6. The van der Waals surface area contributed by atoms with Crippen molar-refractivity contribution in [2.75, 3.05) is 56.7 Å². The van der Waals surface area contributed by atoms with Crippen molar-refractivity contribution in [1.82, 2.24) is 4.31 Å². The number of benzene rings is 3. The predicted octanol–water partition coefficient (Wildman–Crippen LogP) is 4.29. The number of nitrogens with zero attached hydrogens (tertiary/aromatic N) is 2. The molecule has 44 heavy (non-hydrogen) atoms. The third kappa shape index (κ3) is 7.78. The quantitative estimate of drug-likeness (QED) is 0.227. The van der Waals surface area contributed by atoms with E-state index in [1.807, 2.05) is 11.8 Å². The number of carbonyl (C=O) groups is 1. The third-order valence-corrected chi connectivity index (χ3v) is 10.3. The zero-order valence-electron chi connectivity index (χ0n) is 25.1. The van der Waals surface area contributed by atoms with Gasteiger partial charge in [-0.05, 0) is 61.0 Å². The van der Waals surface area contributed by atoms with E-state index < -0.39 is 26.0 Å². The summed E-state index contributed by atoms with van der Waals surface area (Å²) in [6.45, 7) is 8.25. The Labute approximate surface area is 259 Å². The number of hydrogen-bond acceptors (Lipinski definition) is 9. The van der Waals surface area contributed by atoms with Gasteiger partial charge in [0.25, 0.3) is 0 Å². The zero-order valence-corrected chi connectivity index (χ0v) is 26.8. The van der Waals surface area contributed by atoms with Crippen molar-refractivity contribution in [3.63, 3.8) is 0 Å². The van der Waals surface area contributed by atoms with Crippen LogP contribution in [0.5, 0.6) is 11.5 Å². The van der Waals surface area contributed by atoms with Gasteiger partial charge in [0.2, 0.25) is 15.9 Å². The number of hydrogen-bond donors (Lipinski definition) is 1. The van der Waals surface area contributed by atoms with E-state index >= 15 is 0 Å². The molecule has 1 saturated heterocycles. The molecule has 236 valence electrons. The van der Waals surface area contributed by atoms with E-state index in [1.54, 1.807) is 50.2 Å². The Balaban J connectivity index is 1.56. The van der Waals surface area contributed by atoms with E-state index in [1.165, 1.54) is 47.8 Å². The zero-order chi connectivity index (χ0) is 31.9. The molecule has 0 aliphatic carbocycles. The minimum absolute atomic E-state index is 0.00365. The van der Waals surface area contributed by atoms with Crippen molar-refractivity contribution < 1.29 is 35.3 Å². The second-order valence-corrected chi connectivity index (χ2v) is 13.4. The smallest absolute Gasteiger partial charge is 0.339 e. The van der Waals surface area contributed by atoms with Gasteiger partial charge in [-0.2, -0.15) is 12.7 Å². The van der Waals surface area contributed by atoms with Crippen LogP contribution in [0.1, 0.15) is 25.0 Å². The molecule has 1 N–H and O–H groups in total. The number of carbonyl (C=O) groups excluding carboxylic acids is 1. The Morgan fingerprint density at radius 3 is 2.23 bits per heavy atom. The Morgan fingerprint density at radius 2 is 1.59 bits per heavy atom. The molecule has 0 spiro atoms. The fourth-order valence-electron chi connectivity index (χ4n) is 4.64. The maximum atomic E-state index is 13.2. The first-order valence-electron chi connectivity index (χ1n) is 14.1. The maximum absolute atomic E-state index is 13.2. The largest absolute Gasteiger partial charge is 0.493 e. The van der Waals surface area contributed by atoms with Crippen LogP contribution < -0.4 is 19.1 Å².